The number of carbonyl (C=O) groups excluding carboxylic acids is 1. The first kappa shape index (κ1) is 18.0. The van der Waals surface area contributed by atoms with E-state index in [-0.39, 0.29) is 11.5 Å². The topological polar surface area (TPSA) is 89.3 Å². The molecule has 1 aromatic carbocycles. The van der Waals surface area contributed by atoms with Gasteiger partial charge in [-0.1, -0.05) is 0 Å². The Morgan fingerprint density at radius 1 is 1.25 bits per heavy atom. The van der Waals surface area contributed by atoms with E-state index >= 15 is 0 Å². The maximum atomic E-state index is 12.5. The third-order valence-electron chi connectivity index (χ3n) is 3.09. The Kier molecular flexibility index (Phi) is 4.70. The van der Waals surface area contributed by atoms with Gasteiger partial charge in [-0.2, -0.15) is 13.2 Å². The molecule has 0 spiro atoms. The number of aromatic nitrogens is 1. The highest BCUT2D eigenvalue weighted by molar-refractivity contribution is 7.92. The van der Waals surface area contributed by atoms with Crippen LogP contribution in [-0.4, -0.2) is 24.8 Å². The Balaban J connectivity index is 2.15. The zero-order valence-electron chi connectivity index (χ0n) is 12.6. The van der Waals surface area contributed by atoms with Crippen LogP contribution in [0.4, 0.5) is 13.2 Å². The third-order valence-corrected chi connectivity index (χ3v) is 4.59. The van der Waals surface area contributed by atoms with Gasteiger partial charge in [0, 0.05) is 5.56 Å². The molecule has 0 aliphatic carbocycles. The Morgan fingerprint density at radius 3 is 2.29 bits per heavy atom. The smallest absolute Gasteiger partial charge is 0.444 e. The lowest BCUT2D eigenvalue weighted by molar-refractivity contribution is -0.0436. The molecule has 1 N–H and O–H groups in total. The summed E-state index contributed by atoms with van der Waals surface area (Å²) < 4.78 is 65.1. The third kappa shape index (κ3) is 3.58. The van der Waals surface area contributed by atoms with E-state index in [0.29, 0.717) is 5.76 Å². The Labute approximate surface area is 135 Å². The molecule has 0 radical (unpaired) electrons. The van der Waals surface area contributed by atoms with Crippen LogP contribution in [0.3, 0.4) is 0 Å². The van der Waals surface area contributed by atoms with Crippen molar-refractivity contribution in [2.45, 2.75) is 30.3 Å². The number of rotatable bonds is 4. The van der Waals surface area contributed by atoms with Gasteiger partial charge in [-0.3, -0.25) is 4.79 Å². The molecule has 0 fully saturated rings. The van der Waals surface area contributed by atoms with E-state index in [1.54, 1.807) is 13.8 Å². The van der Waals surface area contributed by atoms with Crippen molar-refractivity contribution in [3.8, 4) is 0 Å². The number of nitrogens with one attached hydrogen (secondary N) is 1. The molecular weight excluding hydrogens is 349 g/mol. The molecule has 2 aromatic rings. The summed E-state index contributed by atoms with van der Waals surface area (Å²) in [6.07, 6.45) is 1.48. The zero-order chi connectivity index (χ0) is 18.1. The second kappa shape index (κ2) is 6.27. The maximum absolute atomic E-state index is 12.5. The minimum Gasteiger partial charge on any atom is -0.444 e. The second-order valence-corrected chi connectivity index (χ2v) is 6.92. The molecule has 0 bridgehead atoms. The summed E-state index contributed by atoms with van der Waals surface area (Å²) >= 11 is 0. The molecular formula is C14H13F3N2O4S. The van der Waals surface area contributed by atoms with Crippen LogP contribution in [0.1, 0.15) is 35.0 Å². The van der Waals surface area contributed by atoms with Crippen molar-refractivity contribution >= 4 is 15.7 Å². The van der Waals surface area contributed by atoms with E-state index in [0.717, 1.165) is 24.3 Å². The van der Waals surface area contributed by atoms with Crippen molar-refractivity contribution in [3.05, 3.63) is 47.7 Å². The first-order valence-electron chi connectivity index (χ1n) is 6.67. The number of nitrogens with zero attached hydrogens (tertiary/aromatic N) is 1. The summed E-state index contributed by atoms with van der Waals surface area (Å²) in [5.41, 5.74) is -5.39. The Morgan fingerprint density at radius 2 is 1.83 bits per heavy atom. The number of benzene rings is 1. The number of hydrogen-bond donors (Lipinski definition) is 1. The fourth-order valence-corrected chi connectivity index (χ4v) is 2.59. The molecule has 130 valence electrons. The van der Waals surface area contributed by atoms with Crippen molar-refractivity contribution in [2.75, 3.05) is 0 Å². The fraction of sp³-hybridized carbons (Fsp3) is 0.286. The summed E-state index contributed by atoms with van der Waals surface area (Å²) in [5, 5.41) is 2.55. The lowest BCUT2D eigenvalue weighted by Gasteiger charge is -2.11. The number of carbonyl (C=O) groups is 1. The SMILES string of the molecule is Cc1cnc(C(C)NC(=O)c2ccc(S(=O)(=O)C(F)(F)F)cc2)o1. The molecule has 6 nitrogen and oxygen atoms in total. The van der Waals surface area contributed by atoms with E-state index < -0.39 is 32.2 Å². The van der Waals surface area contributed by atoms with Gasteiger partial charge >= 0.3 is 5.51 Å². The van der Waals surface area contributed by atoms with Gasteiger partial charge in [0.05, 0.1) is 11.1 Å². The van der Waals surface area contributed by atoms with Crippen LogP contribution in [0.5, 0.6) is 0 Å². The highest BCUT2D eigenvalue weighted by Gasteiger charge is 2.46. The molecule has 0 aliphatic rings. The minimum absolute atomic E-state index is 0.00579. The molecule has 1 atom stereocenters. The van der Waals surface area contributed by atoms with Crippen LogP contribution >= 0.6 is 0 Å². The van der Waals surface area contributed by atoms with Crippen molar-refractivity contribution in [1.82, 2.24) is 10.3 Å². The highest BCUT2D eigenvalue weighted by atomic mass is 32.2. The van der Waals surface area contributed by atoms with Gasteiger partial charge in [-0.25, -0.2) is 13.4 Å². The first-order valence-corrected chi connectivity index (χ1v) is 8.15. The van der Waals surface area contributed by atoms with Gasteiger partial charge < -0.3 is 9.73 Å². The number of halogens is 3. The standard InChI is InChI=1S/C14H13F3N2O4S/c1-8-7-18-13(23-8)9(2)19-12(20)10-3-5-11(6-4-10)24(21,22)14(15,16)17/h3-7,9H,1-2H3,(H,19,20). The van der Waals surface area contributed by atoms with E-state index in [4.69, 9.17) is 4.42 Å². The highest BCUT2D eigenvalue weighted by Crippen LogP contribution is 2.30. The van der Waals surface area contributed by atoms with Gasteiger partial charge in [0.1, 0.15) is 11.8 Å². The summed E-state index contributed by atoms with van der Waals surface area (Å²) in [7, 11) is -5.44. The number of oxazole rings is 1. The molecule has 0 saturated heterocycles. The van der Waals surface area contributed by atoms with Crippen molar-refractivity contribution in [2.24, 2.45) is 0 Å². The maximum Gasteiger partial charge on any atom is 0.501 e. The van der Waals surface area contributed by atoms with Crippen molar-refractivity contribution < 1.29 is 30.8 Å². The minimum atomic E-state index is -5.44. The average molecular weight is 362 g/mol. The largest absolute Gasteiger partial charge is 0.501 e. The van der Waals surface area contributed by atoms with E-state index in [2.05, 4.69) is 10.3 Å². The van der Waals surface area contributed by atoms with Gasteiger partial charge in [-0.15, -0.1) is 0 Å². The van der Waals surface area contributed by atoms with Crippen LogP contribution in [0.2, 0.25) is 0 Å². The monoisotopic (exact) mass is 362 g/mol. The number of sulfone groups is 1. The molecule has 2 rings (SSSR count). The van der Waals surface area contributed by atoms with E-state index in [9.17, 15) is 26.4 Å². The van der Waals surface area contributed by atoms with E-state index in [1.807, 2.05) is 0 Å². The molecule has 1 aromatic heterocycles. The predicted molar refractivity (Wildman–Crippen MR) is 76.8 cm³/mol. The summed E-state index contributed by atoms with van der Waals surface area (Å²) in [4.78, 5) is 15.1. The number of amides is 1. The molecule has 24 heavy (non-hydrogen) atoms. The summed E-state index contributed by atoms with van der Waals surface area (Å²) in [6, 6.07) is 2.91. The normalized spacial score (nSPS) is 13.5. The number of aryl methyl sites for hydroxylation is 1. The number of alkyl halides is 3. The lowest BCUT2D eigenvalue weighted by Crippen LogP contribution is -2.27. The predicted octanol–water partition coefficient (Wildman–Crippen LogP) is 2.77. The van der Waals surface area contributed by atoms with Crippen molar-refractivity contribution in [1.29, 1.82) is 0 Å². The summed E-state index contributed by atoms with van der Waals surface area (Å²) in [5.74, 6) is 0.235. The van der Waals surface area contributed by atoms with Gasteiger partial charge in [0.2, 0.25) is 5.89 Å². The zero-order valence-corrected chi connectivity index (χ0v) is 13.4. The van der Waals surface area contributed by atoms with Crippen LogP contribution in [-0.2, 0) is 9.84 Å². The van der Waals surface area contributed by atoms with E-state index in [1.165, 1.54) is 6.20 Å². The van der Waals surface area contributed by atoms with Crippen LogP contribution in [0.15, 0.2) is 39.8 Å². The first-order chi connectivity index (χ1) is 11.0. The van der Waals surface area contributed by atoms with Gasteiger partial charge in [0.25, 0.3) is 15.7 Å². The molecule has 10 heteroatoms. The van der Waals surface area contributed by atoms with Gasteiger partial charge in [-0.05, 0) is 38.1 Å². The fourth-order valence-electron chi connectivity index (χ4n) is 1.83. The van der Waals surface area contributed by atoms with Crippen molar-refractivity contribution in [3.63, 3.8) is 0 Å². The van der Waals surface area contributed by atoms with Crippen LogP contribution < -0.4 is 5.32 Å². The average Bonchev–Trinajstić information content (AvgIpc) is 2.93. The summed E-state index contributed by atoms with van der Waals surface area (Å²) in [6.45, 7) is 3.30. The lowest BCUT2D eigenvalue weighted by atomic mass is 10.2. The molecule has 1 unspecified atom stereocenters. The Hall–Kier alpha value is -2.36. The van der Waals surface area contributed by atoms with Crippen LogP contribution in [0.25, 0.3) is 0 Å². The Bertz CT molecular complexity index is 842. The second-order valence-electron chi connectivity index (χ2n) is 4.98. The quantitative estimate of drug-likeness (QED) is 0.903. The van der Waals surface area contributed by atoms with Crippen LogP contribution in [0, 0.1) is 6.92 Å². The van der Waals surface area contributed by atoms with Gasteiger partial charge in [0.15, 0.2) is 0 Å². The molecule has 0 saturated carbocycles. The molecule has 1 amide bonds. The molecule has 0 aliphatic heterocycles. The number of hydrogen-bond acceptors (Lipinski definition) is 5. The molecule has 1 heterocycles.